The van der Waals surface area contributed by atoms with Crippen molar-refractivity contribution in [3.63, 3.8) is 0 Å². The van der Waals surface area contributed by atoms with Crippen molar-refractivity contribution in [2.24, 2.45) is 0 Å². The van der Waals surface area contributed by atoms with E-state index in [0.29, 0.717) is 19.0 Å². The van der Waals surface area contributed by atoms with Gasteiger partial charge in [0, 0.05) is 12.6 Å². The number of hydrogen-bond donors (Lipinski definition) is 0. The zero-order chi connectivity index (χ0) is 14.4. The van der Waals surface area contributed by atoms with E-state index in [-0.39, 0.29) is 0 Å². The van der Waals surface area contributed by atoms with E-state index in [4.69, 9.17) is 14.0 Å². The molecule has 0 radical (unpaired) electrons. The van der Waals surface area contributed by atoms with E-state index < -0.39 is 0 Å². The Hall–Kier alpha value is -2.01. The van der Waals surface area contributed by atoms with Crippen molar-refractivity contribution in [2.45, 2.75) is 13.5 Å². The van der Waals surface area contributed by atoms with E-state index in [2.05, 4.69) is 10.1 Å². The molecule has 0 atom stereocenters. The summed E-state index contributed by atoms with van der Waals surface area (Å²) in [5, 5.41) is 3.90. The molecule has 0 unspecified atom stereocenters. The number of likely N-dealkylation sites (N-methyl/N-ethyl adjacent to an activating group) is 1. The molecule has 0 saturated heterocycles. The molecule has 0 fully saturated rings. The average Bonchev–Trinajstić information content (AvgIpc) is 2.83. The first-order chi connectivity index (χ1) is 9.65. The molecule has 0 saturated carbocycles. The summed E-state index contributed by atoms with van der Waals surface area (Å²) in [4.78, 5) is 2.07. The summed E-state index contributed by atoms with van der Waals surface area (Å²) in [6.45, 7) is 3.70. The van der Waals surface area contributed by atoms with Gasteiger partial charge in [-0.3, -0.25) is 0 Å². The van der Waals surface area contributed by atoms with E-state index >= 15 is 0 Å². The highest BCUT2D eigenvalue weighted by molar-refractivity contribution is 5.39. The number of nitrogens with zero attached hydrogens (tertiary/aromatic N) is 2. The molecule has 5 nitrogen and oxygen atoms in total. The van der Waals surface area contributed by atoms with Gasteiger partial charge in [0.1, 0.15) is 24.7 Å². The van der Waals surface area contributed by atoms with Crippen LogP contribution >= 0.6 is 0 Å². The first-order valence-electron chi connectivity index (χ1n) is 6.56. The fourth-order valence-corrected chi connectivity index (χ4v) is 1.66. The smallest absolute Gasteiger partial charge is 0.161 e. The van der Waals surface area contributed by atoms with Gasteiger partial charge in [-0.05, 0) is 33.2 Å². The lowest BCUT2D eigenvalue weighted by molar-refractivity contribution is 0.234. The van der Waals surface area contributed by atoms with Crippen molar-refractivity contribution >= 4 is 0 Å². The van der Waals surface area contributed by atoms with Crippen LogP contribution in [-0.4, -0.2) is 37.3 Å². The maximum atomic E-state index is 5.73. The fraction of sp³-hybridized carbons (Fsp3) is 0.400. The molecule has 5 heteroatoms. The molecule has 0 bridgehead atoms. The standard InChI is InChI=1S/C15H20N2O3/c1-12-10-13(16-20-12)11-19-15-7-5-4-6-14(15)18-9-8-17(2)3/h4-7,10H,8-9,11H2,1-3H3. The predicted octanol–water partition coefficient (Wildman–Crippen LogP) is 2.50. The normalized spacial score (nSPS) is 10.8. The van der Waals surface area contributed by atoms with E-state index in [1.807, 2.05) is 51.4 Å². The van der Waals surface area contributed by atoms with Gasteiger partial charge in [-0.25, -0.2) is 0 Å². The Kier molecular flexibility index (Phi) is 5.01. The topological polar surface area (TPSA) is 47.7 Å². The maximum Gasteiger partial charge on any atom is 0.161 e. The summed E-state index contributed by atoms with van der Waals surface area (Å²) < 4.78 is 16.5. The minimum atomic E-state index is 0.366. The van der Waals surface area contributed by atoms with Crippen molar-refractivity contribution in [1.29, 1.82) is 0 Å². The Labute approximate surface area is 119 Å². The molecule has 0 aliphatic heterocycles. The van der Waals surface area contributed by atoms with Crippen molar-refractivity contribution in [2.75, 3.05) is 27.2 Å². The molecule has 1 aromatic heterocycles. The molecular weight excluding hydrogens is 256 g/mol. The molecule has 108 valence electrons. The summed E-state index contributed by atoms with van der Waals surface area (Å²) in [6.07, 6.45) is 0. The predicted molar refractivity (Wildman–Crippen MR) is 76.1 cm³/mol. The second-order valence-corrected chi connectivity index (χ2v) is 4.82. The van der Waals surface area contributed by atoms with Gasteiger partial charge in [-0.1, -0.05) is 17.3 Å². The number of benzene rings is 1. The van der Waals surface area contributed by atoms with Crippen LogP contribution in [0.5, 0.6) is 11.5 Å². The van der Waals surface area contributed by atoms with Gasteiger partial charge in [0.2, 0.25) is 0 Å². The Morgan fingerprint density at radius 2 is 1.85 bits per heavy atom. The largest absolute Gasteiger partial charge is 0.488 e. The summed E-state index contributed by atoms with van der Waals surface area (Å²) in [6, 6.07) is 9.49. The first kappa shape index (κ1) is 14.4. The molecule has 0 N–H and O–H groups in total. The van der Waals surface area contributed by atoms with Crippen LogP contribution in [-0.2, 0) is 6.61 Å². The highest BCUT2D eigenvalue weighted by atomic mass is 16.5. The van der Waals surface area contributed by atoms with Crippen molar-refractivity contribution in [3.05, 3.63) is 41.8 Å². The highest BCUT2D eigenvalue weighted by Crippen LogP contribution is 2.27. The number of rotatable bonds is 7. The van der Waals surface area contributed by atoms with Crippen molar-refractivity contribution in [1.82, 2.24) is 10.1 Å². The SMILES string of the molecule is Cc1cc(COc2ccccc2OCCN(C)C)no1. The first-order valence-corrected chi connectivity index (χ1v) is 6.56. The number of aromatic nitrogens is 1. The Balaban J connectivity index is 1.93. The minimum absolute atomic E-state index is 0.366. The van der Waals surface area contributed by atoms with Crippen LogP contribution in [0, 0.1) is 6.92 Å². The fourth-order valence-electron chi connectivity index (χ4n) is 1.66. The second kappa shape index (κ2) is 6.96. The average molecular weight is 276 g/mol. The van der Waals surface area contributed by atoms with Crippen LogP contribution in [0.4, 0.5) is 0 Å². The van der Waals surface area contributed by atoms with Crippen molar-refractivity contribution < 1.29 is 14.0 Å². The van der Waals surface area contributed by atoms with Gasteiger partial charge in [0.25, 0.3) is 0 Å². The third-order valence-electron chi connectivity index (χ3n) is 2.70. The third-order valence-corrected chi connectivity index (χ3v) is 2.70. The molecule has 0 amide bonds. The molecule has 1 aromatic carbocycles. The summed E-state index contributed by atoms with van der Waals surface area (Å²) in [7, 11) is 4.03. The lowest BCUT2D eigenvalue weighted by Crippen LogP contribution is -2.19. The van der Waals surface area contributed by atoms with Gasteiger partial charge in [0.15, 0.2) is 11.5 Å². The molecule has 20 heavy (non-hydrogen) atoms. The van der Waals surface area contributed by atoms with Crippen molar-refractivity contribution in [3.8, 4) is 11.5 Å². The van der Waals surface area contributed by atoms with Gasteiger partial charge in [0.05, 0.1) is 0 Å². The number of hydrogen-bond acceptors (Lipinski definition) is 5. The third kappa shape index (κ3) is 4.28. The molecule has 0 spiro atoms. The van der Waals surface area contributed by atoms with E-state index in [0.717, 1.165) is 23.7 Å². The molecule has 2 aromatic rings. The van der Waals surface area contributed by atoms with E-state index in [9.17, 15) is 0 Å². The minimum Gasteiger partial charge on any atom is -0.488 e. The Bertz CT molecular complexity index is 537. The number of aryl methyl sites for hydroxylation is 1. The van der Waals surface area contributed by atoms with Gasteiger partial charge >= 0.3 is 0 Å². The zero-order valence-corrected chi connectivity index (χ0v) is 12.1. The number of para-hydroxylation sites is 2. The van der Waals surface area contributed by atoms with Crippen LogP contribution in [0.3, 0.4) is 0 Å². The van der Waals surface area contributed by atoms with Crippen LogP contribution < -0.4 is 9.47 Å². The van der Waals surface area contributed by atoms with E-state index in [1.54, 1.807) is 0 Å². The second-order valence-electron chi connectivity index (χ2n) is 4.82. The highest BCUT2D eigenvalue weighted by Gasteiger charge is 2.06. The van der Waals surface area contributed by atoms with Crippen LogP contribution in [0.1, 0.15) is 11.5 Å². The van der Waals surface area contributed by atoms with Crippen LogP contribution in [0.25, 0.3) is 0 Å². The molecule has 2 rings (SSSR count). The monoisotopic (exact) mass is 276 g/mol. The molecule has 0 aliphatic carbocycles. The Morgan fingerprint density at radius 1 is 1.15 bits per heavy atom. The summed E-state index contributed by atoms with van der Waals surface area (Å²) in [5.41, 5.74) is 0.769. The molecule has 0 aliphatic rings. The zero-order valence-electron chi connectivity index (χ0n) is 12.1. The molecule has 1 heterocycles. The summed E-state index contributed by atoms with van der Waals surface area (Å²) in [5.74, 6) is 2.24. The quantitative estimate of drug-likeness (QED) is 0.777. The van der Waals surface area contributed by atoms with Crippen LogP contribution in [0.15, 0.2) is 34.9 Å². The molecular formula is C15H20N2O3. The summed E-state index contributed by atoms with van der Waals surface area (Å²) >= 11 is 0. The Morgan fingerprint density at radius 3 is 2.45 bits per heavy atom. The lowest BCUT2D eigenvalue weighted by atomic mass is 10.3. The number of ether oxygens (including phenoxy) is 2. The van der Waals surface area contributed by atoms with Crippen LogP contribution in [0.2, 0.25) is 0 Å². The van der Waals surface area contributed by atoms with Gasteiger partial charge in [-0.15, -0.1) is 0 Å². The van der Waals surface area contributed by atoms with E-state index in [1.165, 1.54) is 0 Å². The maximum absolute atomic E-state index is 5.73. The van der Waals surface area contributed by atoms with Gasteiger partial charge < -0.3 is 18.9 Å². The lowest BCUT2D eigenvalue weighted by Gasteiger charge is -2.14. The van der Waals surface area contributed by atoms with Gasteiger partial charge in [-0.2, -0.15) is 0 Å².